The van der Waals surface area contributed by atoms with Crippen molar-refractivity contribution in [2.24, 2.45) is 0 Å². The summed E-state index contributed by atoms with van der Waals surface area (Å²) in [5, 5.41) is 3.47. The lowest BCUT2D eigenvalue weighted by molar-refractivity contribution is -0.120. The Morgan fingerprint density at radius 1 is 1.07 bits per heavy atom. The molecule has 28 heavy (non-hydrogen) atoms. The van der Waals surface area contributed by atoms with Crippen molar-refractivity contribution in [3.8, 4) is 0 Å². The van der Waals surface area contributed by atoms with Crippen LogP contribution < -0.4 is 10.0 Å². The van der Waals surface area contributed by atoms with Crippen molar-refractivity contribution in [1.29, 1.82) is 0 Å². The highest BCUT2D eigenvalue weighted by Gasteiger charge is 2.20. The summed E-state index contributed by atoms with van der Waals surface area (Å²) >= 11 is 6.18. The quantitative estimate of drug-likeness (QED) is 0.681. The van der Waals surface area contributed by atoms with E-state index in [0.29, 0.717) is 17.3 Å². The number of hydrogen-bond donors (Lipinski definition) is 2. The summed E-state index contributed by atoms with van der Waals surface area (Å²) in [5.74, 6) is -0.189. The lowest BCUT2D eigenvalue weighted by Gasteiger charge is -2.24. The average molecular weight is 424 g/mol. The first-order valence-electron chi connectivity index (χ1n) is 8.97. The number of nitrogens with one attached hydrogen (secondary N) is 2. The molecular formula is C20H26ClN3O3S. The van der Waals surface area contributed by atoms with Crippen LogP contribution in [0.15, 0.2) is 53.4 Å². The van der Waals surface area contributed by atoms with Crippen LogP contribution in [0.1, 0.15) is 26.3 Å². The molecule has 2 aromatic carbocycles. The summed E-state index contributed by atoms with van der Waals surface area (Å²) in [6.07, 6.45) is 0. The van der Waals surface area contributed by atoms with Gasteiger partial charge in [-0.05, 0) is 63.7 Å². The lowest BCUT2D eigenvalue weighted by Crippen LogP contribution is -2.39. The number of carbonyl (C=O) groups is 1. The molecule has 2 N–H and O–H groups in total. The zero-order chi connectivity index (χ0) is 20.9. The van der Waals surface area contributed by atoms with Crippen LogP contribution in [0, 0.1) is 0 Å². The fourth-order valence-corrected chi connectivity index (χ4v) is 4.02. The van der Waals surface area contributed by atoms with Crippen LogP contribution >= 0.6 is 11.6 Å². The van der Waals surface area contributed by atoms with Crippen molar-refractivity contribution in [3.05, 3.63) is 59.1 Å². The minimum absolute atomic E-state index is 0.156. The van der Waals surface area contributed by atoms with Crippen molar-refractivity contribution < 1.29 is 13.2 Å². The number of sulfonamides is 1. The summed E-state index contributed by atoms with van der Waals surface area (Å²) in [6, 6.07) is 13.0. The monoisotopic (exact) mass is 423 g/mol. The van der Waals surface area contributed by atoms with E-state index in [-0.39, 0.29) is 16.8 Å². The molecule has 0 aliphatic carbocycles. The Morgan fingerprint density at radius 3 is 2.25 bits per heavy atom. The largest absolute Gasteiger partial charge is 0.325 e. The lowest BCUT2D eigenvalue weighted by atomic mass is 10.2. The van der Waals surface area contributed by atoms with E-state index >= 15 is 0 Å². The van der Waals surface area contributed by atoms with Crippen LogP contribution in [0.4, 0.5) is 5.69 Å². The highest BCUT2D eigenvalue weighted by molar-refractivity contribution is 7.89. The Labute approximate surface area is 171 Å². The van der Waals surface area contributed by atoms with Gasteiger partial charge in [-0.1, -0.05) is 29.8 Å². The van der Waals surface area contributed by atoms with E-state index in [4.69, 9.17) is 11.6 Å². The highest BCUT2D eigenvalue weighted by atomic mass is 35.5. The van der Waals surface area contributed by atoms with Crippen molar-refractivity contribution in [2.45, 2.75) is 44.3 Å². The second-order valence-corrected chi connectivity index (χ2v) is 9.09. The van der Waals surface area contributed by atoms with Crippen LogP contribution in [-0.4, -0.2) is 38.4 Å². The van der Waals surface area contributed by atoms with E-state index in [2.05, 4.69) is 10.0 Å². The van der Waals surface area contributed by atoms with Crippen molar-refractivity contribution in [2.75, 3.05) is 12.4 Å². The van der Waals surface area contributed by atoms with Gasteiger partial charge in [-0.3, -0.25) is 9.69 Å². The molecule has 0 heterocycles. The predicted octanol–water partition coefficient (Wildman–Crippen LogP) is 3.49. The molecule has 2 aromatic rings. The third-order valence-corrected chi connectivity index (χ3v) is 6.28. The second-order valence-electron chi connectivity index (χ2n) is 6.97. The van der Waals surface area contributed by atoms with Crippen LogP contribution in [-0.2, 0) is 21.4 Å². The summed E-state index contributed by atoms with van der Waals surface area (Å²) in [4.78, 5) is 14.6. The summed E-state index contributed by atoms with van der Waals surface area (Å²) < 4.78 is 26.8. The molecule has 0 aliphatic heterocycles. The molecule has 0 saturated carbocycles. The van der Waals surface area contributed by atoms with Crippen LogP contribution in [0.5, 0.6) is 0 Å². The standard InChI is InChI=1S/C20H26ClN3O3S/c1-14(2)23-28(26,27)18-11-9-17(10-12-18)22-20(25)15(3)24(4)13-16-7-5-6-8-19(16)21/h5-12,14-15,23H,13H2,1-4H3,(H,22,25). The minimum Gasteiger partial charge on any atom is -0.325 e. The molecule has 0 fully saturated rings. The maximum Gasteiger partial charge on any atom is 0.241 e. The van der Waals surface area contributed by atoms with Gasteiger partial charge in [-0.15, -0.1) is 0 Å². The van der Waals surface area contributed by atoms with E-state index in [9.17, 15) is 13.2 Å². The third kappa shape index (κ3) is 6.04. The van der Waals surface area contributed by atoms with Gasteiger partial charge < -0.3 is 5.32 Å². The first-order valence-corrected chi connectivity index (χ1v) is 10.8. The highest BCUT2D eigenvalue weighted by Crippen LogP contribution is 2.18. The number of carbonyl (C=O) groups excluding carboxylic acids is 1. The number of rotatable bonds is 8. The van der Waals surface area contributed by atoms with Crippen molar-refractivity contribution >= 4 is 33.2 Å². The van der Waals surface area contributed by atoms with Gasteiger partial charge in [0.25, 0.3) is 0 Å². The van der Waals surface area contributed by atoms with Gasteiger partial charge >= 0.3 is 0 Å². The summed E-state index contributed by atoms with van der Waals surface area (Å²) in [6.45, 7) is 5.85. The smallest absolute Gasteiger partial charge is 0.241 e. The number of amides is 1. The number of hydrogen-bond acceptors (Lipinski definition) is 4. The van der Waals surface area contributed by atoms with E-state index in [1.807, 2.05) is 36.2 Å². The van der Waals surface area contributed by atoms with Crippen LogP contribution in [0.2, 0.25) is 5.02 Å². The van der Waals surface area contributed by atoms with E-state index in [0.717, 1.165) is 5.56 Å². The van der Waals surface area contributed by atoms with Gasteiger partial charge in [0.05, 0.1) is 10.9 Å². The molecule has 152 valence electrons. The minimum atomic E-state index is -3.56. The molecule has 0 bridgehead atoms. The Hall–Kier alpha value is -1.93. The molecule has 0 radical (unpaired) electrons. The van der Waals surface area contributed by atoms with Crippen molar-refractivity contribution in [1.82, 2.24) is 9.62 Å². The molecule has 0 spiro atoms. The molecule has 0 aliphatic rings. The Bertz CT molecular complexity index is 915. The topological polar surface area (TPSA) is 78.5 Å². The van der Waals surface area contributed by atoms with Crippen molar-refractivity contribution in [3.63, 3.8) is 0 Å². The van der Waals surface area contributed by atoms with Gasteiger partial charge in [0.1, 0.15) is 0 Å². The van der Waals surface area contributed by atoms with E-state index in [1.54, 1.807) is 32.9 Å². The first-order chi connectivity index (χ1) is 13.1. The molecule has 1 atom stereocenters. The number of likely N-dealkylation sites (N-methyl/N-ethyl adjacent to an activating group) is 1. The SMILES string of the molecule is CC(C)NS(=O)(=O)c1ccc(NC(=O)C(C)N(C)Cc2ccccc2Cl)cc1. The Morgan fingerprint density at radius 2 is 1.68 bits per heavy atom. The maximum atomic E-state index is 12.5. The average Bonchev–Trinajstić information content (AvgIpc) is 2.62. The number of anilines is 1. The normalized spacial score (nSPS) is 13.0. The van der Waals surface area contributed by atoms with Crippen LogP contribution in [0.3, 0.4) is 0 Å². The molecular weight excluding hydrogens is 398 g/mol. The first kappa shape index (κ1) is 22.4. The van der Waals surface area contributed by atoms with Gasteiger partial charge in [0.2, 0.25) is 15.9 Å². The van der Waals surface area contributed by atoms with Gasteiger partial charge in [-0.2, -0.15) is 0 Å². The zero-order valence-corrected chi connectivity index (χ0v) is 18.0. The predicted molar refractivity (Wildman–Crippen MR) is 113 cm³/mol. The fourth-order valence-electron chi connectivity index (χ4n) is 2.57. The molecule has 0 aromatic heterocycles. The third-order valence-electron chi connectivity index (χ3n) is 4.24. The fraction of sp³-hybridized carbons (Fsp3) is 0.350. The Balaban J connectivity index is 2.01. The van der Waals surface area contributed by atoms with Gasteiger partial charge in [-0.25, -0.2) is 13.1 Å². The number of benzene rings is 2. The molecule has 1 unspecified atom stereocenters. The van der Waals surface area contributed by atoms with E-state index < -0.39 is 16.1 Å². The summed E-state index contributed by atoms with van der Waals surface area (Å²) in [7, 11) is -1.71. The molecule has 6 nitrogen and oxygen atoms in total. The van der Waals surface area contributed by atoms with Crippen LogP contribution in [0.25, 0.3) is 0 Å². The zero-order valence-electron chi connectivity index (χ0n) is 16.4. The second kappa shape index (κ2) is 9.52. The van der Waals surface area contributed by atoms with Gasteiger partial charge in [0, 0.05) is 23.3 Å². The number of nitrogens with zero attached hydrogens (tertiary/aromatic N) is 1. The molecule has 0 saturated heterocycles. The molecule has 2 rings (SSSR count). The summed E-state index contributed by atoms with van der Waals surface area (Å²) in [5.41, 5.74) is 1.48. The molecule has 8 heteroatoms. The maximum absolute atomic E-state index is 12.5. The Kier molecular flexibility index (Phi) is 7.60. The van der Waals surface area contributed by atoms with Gasteiger partial charge in [0.15, 0.2) is 0 Å². The van der Waals surface area contributed by atoms with E-state index in [1.165, 1.54) is 12.1 Å². The molecule has 1 amide bonds. The number of halogens is 1.